The van der Waals surface area contributed by atoms with Crippen molar-refractivity contribution in [1.82, 2.24) is 10.6 Å². The molecule has 0 spiro atoms. The van der Waals surface area contributed by atoms with E-state index in [-0.39, 0.29) is 47.0 Å². The number of hydrogen-bond acceptors (Lipinski definition) is 3. The second-order valence-corrected chi connectivity index (χ2v) is 7.05. The topological polar surface area (TPSA) is 69.4 Å². The Hall–Kier alpha value is -0.550. The number of rotatable bonds is 3. The van der Waals surface area contributed by atoms with Gasteiger partial charge in [0.2, 0.25) is 0 Å². The molecule has 0 aromatic rings. The molecule has 2 aliphatic carbocycles. The molecular formula is C16H29IN4O. The fourth-order valence-corrected chi connectivity index (χ4v) is 3.52. The summed E-state index contributed by atoms with van der Waals surface area (Å²) in [5, 5.41) is 16.1. The van der Waals surface area contributed by atoms with Gasteiger partial charge in [-0.15, -0.1) is 24.0 Å². The third-order valence-electron chi connectivity index (χ3n) is 5.82. The van der Waals surface area contributed by atoms with E-state index in [0.717, 1.165) is 31.6 Å². The quantitative estimate of drug-likeness (QED) is 0.419. The van der Waals surface area contributed by atoms with Crippen LogP contribution < -0.4 is 10.6 Å². The van der Waals surface area contributed by atoms with Gasteiger partial charge in [0.1, 0.15) is 0 Å². The summed E-state index contributed by atoms with van der Waals surface area (Å²) in [7, 11) is 3.56. The highest BCUT2D eigenvalue weighted by molar-refractivity contribution is 14.0. The first-order chi connectivity index (χ1) is 9.87. The van der Waals surface area contributed by atoms with Crippen LogP contribution in [0.15, 0.2) is 4.99 Å². The maximum absolute atomic E-state index is 9.18. The number of nitriles is 1. The van der Waals surface area contributed by atoms with E-state index in [1.807, 2.05) is 0 Å². The van der Waals surface area contributed by atoms with Gasteiger partial charge in [0, 0.05) is 31.7 Å². The van der Waals surface area contributed by atoms with E-state index in [9.17, 15) is 5.26 Å². The van der Waals surface area contributed by atoms with Crippen LogP contribution in [0.4, 0.5) is 0 Å². The van der Waals surface area contributed by atoms with E-state index >= 15 is 0 Å². The number of nitrogens with one attached hydrogen (secondary N) is 2. The number of nitrogens with zero attached hydrogens (tertiary/aromatic N) is 2. The van der Waals surface area contributed by atoms with Gasteiger partial charge in [-0.05, 0) is 32.6 Å². The van der Waals surface area contributed by atoms with Crippen molar-refractivity contribution in [3.63, 3.8) is 0 Å². The molecule has 0 aromatic carbocycles. The third kappa shape index (κ3) is 3.35. The van der Waals surface area contributed by atoms with E-state index in [2.05, 4.69) is 42.5 Å². The van der Waals surface area contributed by atoms with Gasteiger partial charge < -0.3 is 15.4 Å². The molecule has 6 heteroatoms. The van der Waals surface area contributed by atoms with Crippen LogP contribution in [0.5, 0.6) is 0 Å². The van der Waals surface area contributed by atoms with Crippen LogP contribution in [0.25, 0.3) is 0 Å². The van der Waals surface area contributed by atoms with E-state index in [0.29, 0.717) is 6.04 Å². The molecule has 2 rings (SSSR count). The molecule has 0 radical (unpaired) electrons. The third-order valence-corrected chi connectivity index (χ3v) is 5.82. The Morgan fingerprint density at radius 2 is 1.95 bits per heavy atom. The first-order valence-corrected chi connectivity index (χ1v) is 7.82. The maximum atomic E-state index is 9.18. The first kappa shape index (κ1) is 19.5. The first-order valence-electron chi connectivity index (χ1n) is 7.82. The Bertz CT molecular complexity index is 460. The molecule has 0 aliphatic heterocycles. The smallest absolute Gasteiger partial charge is 0.191 e. The summed E-state index contributed by atoms with van der Waals surface area (Å²) in [6.07, 6.45) is 4.11. The molecule has 2 N–H and O–H groups in total. The summed E-state index contributed by atoms with van der Waals surface area (Å²) < 4.78 is 5.66. The Balaban J connectivity index is 0.00000242. The fraction of sp³-hybridized carbons (Fsp3) is 0.875. The molecule has 0 amide bonds. The van der Waals surface area contributed by atoms with Crippen molar-refractivity contribution >= 4 is 29.9 Å². The molecule has 2 aliphatic rings. The molecule has 4 atom stereocenters. The lowest BCUT2D eigenvalue weighted by Gasteiger charge is -2.59. The average Bonchev–Trinajstić information content (AvgIpc) is 2.92. The molecule has 4 unspecified atom stereocenters. The van der Waals surface area contributed by atoms with Gasteiger partial charge >= 0.3 is 0 Å². The Morgan fingerprint density at radius 1 is 1.27 bits per heavy atom. The zero-order valence-corrected chi connectivity index (χ0v) is 16.6. The highest BCUT2D eigenvalue weighted by atomic mass is 127. The highest BCUT2D eigenvalue weighted by Crippen LogP contribution is 2.51. The largest absolute Gasteiger partial charge is 0.378 e. The molecule has 2 fully saturated rings. The van der Waals surface area contributed by atoms with Crippen molar-refractivity contribution in [3.05, 3.63) is 0 Å². The molecule has 0 heterocycles. The summed E-state index contributed by atoms with van der Waals surface area (Å²) in [4.78, 5) is 4.33. The van der Waals surface area contributed by atoms with Gasteiger partial charge in [0.25, 0.3) is 0 Å². The Labute approximate surface area is 151 Å². The fourth-order valence-electron chi connectivity index (χ4n) is 3.52. The normalized spacial score (nSPS) is 36.7. The van der Waals surface area contributed by atoms with E-state index < -0.39 is 0 Å². The lowest BCUT2D eigenvalue weighted by molar-refractivity contribution is -0.176. The molecule has 126 valence electrons. The predicted molar refractivity (Wildman–Crippen MR) is 99.4 cm³/mol. The lowest BCUT2D eigenvalue weighted by atomic mass is 9.56. The molecule has 2 saturated carbocycles. The van der Waals surface area contributed by atoms with Crippen LogP contribution in [0.3, 0.4) is 0 Å². The number of ether oxygens (including phenoxy) is 1. The number of hydrogen-bond donors (Lipinski definition) is 2. The monoisotopic (exact) mass is 420 g/mol. The van der Waals surface area contributed by atoms with Crippen molar-refractivity contribution in [2.45, 2.75) is 64.1 Å². The number of methoxy groups -OCH3 is 1. The minimum Gasteiger partial charge on any atom is -0.378 e. The van der Waals surface area contributed by atoms with Crippen molar-refractivity contribution in [3.8, 4) is 6.07 Å². The summed E-state index contributed by atoms with van der Waals surface area (Å²) in [6, 6.07) is 2.95. The van der Waals surface area contributed by atoms with Crippen LogP contribution in [0.2, 0.25) is 0 Å². The highest BCUT2D eigenvalue weighted by Gasteiger charge is 2.58. The zero-order chi connectivity index (χ0) is 15.7. The number of halogens is 1. The molecule has 0 aromatic heterocycles. The average molecular weight is 420 g/mol. The van der Waals surface area contributed by atoms with E-state index in [1.165, 1.54) is 0 Å². The van der Waals surface area contributed by atoms with Gasteiger partial charge in [-0.2, -0.15) is 5.26 Å². The minimum absolute atomic E-state index is 0. The second kappa shape index (κ2) is 7.35. The molecule has 5 nitrogen and oxygen atoms in total. The van der Waals surface area contributed by atoms with Crippen LogP contribution in [0.1, 0.15) is 46.5 Å². The van der Waals surface area contributed by atoms with Gasteiger partial charge in [0.15, 0.2) is 5.96 Å². The summed E-state index contributed by atoms with van der Waals surface area (Å²) in [6.45, 7) is 6.60. The SMILES string of the molecule is CN=C(NC1CCCC1C#N)NC1CC(C)(OC)C1(C)C.I. The van der Waals surface area contributed by atoms with Crippen molar-refractivity contribution < 1.29 is 4.74 Å². The second-order valence-electron chi connectivity index (χ2n) is 7.05. The van der Waals surface area contributed by atoms with Crippen molar-refractivity contribution in [2.24, 2.45) is 16.3 Å². The van der Waals surface area contributed by atoms with Gasteiger partial charge in [-0.25, -0.2) is 0 Å². The molecule has 22 heavy (non-hydrogen) atoms. The summed E-state index contributed by atoms with van der Waals surface area (Å²) in [5.74, 6) is 0.903. The molecule has 0 saturated heterocycles. The Kier molecular flexibility index (Phi) is 6.51. The van der Waals surface area contributed by atoms with E-state index in [4.69, 9.17) is 4.74 Å². The minimum atomic E-state index is -0.0912. The van der Waals surface area contributed by atoms with Crippen LogP contribution in [-0.2, 0) is 4.74 Å². The van der Waals surface area contributed by atoms with Crippen LogP contribution in [-0.4, -0.2) is 37.8 Å². The van der Waals surface area contributed by atoms with Crippen molar-refractivity contribution in [1.29, 1.82) is 5.26 Å². The zero-order valence-electron chi connectivity index (χ0n) is 14.3. The van der Waals surface area contributed by atoms with Gasteiger partial charge in [0.05, 0.1) is 17.6 Å². The number of guanidine groups is 1. The Morgan fingerprint density at radius 3 is 2.45 bits per heavy atom. The molecular weight excluding hydrogens is 391 g/mol. The predicted octanol–water partition coefficient (Wildman–Crippen LogP) is 2.67. The van der Waals surface area contributed by atoms with E-state index in [1.54, 1.807) is 14.2 Å². The molecule has 0 bridgehead atoms. The van der Waals surface area contributed by atoms with Gasteiger partial charge in [-0.1, -0.05) is 13.8 Å². The number of aliphatic imine (C=N–C) groups is 1. The van der Waals surface area contributed by atoms with Crippen molar-refractivity contribution in [2.75, 3.05) is 14.2 Å². The lowest BCUT2D eigenvalue weighted by Crippen LogP contribution is -2.69. The van der Waals surface area contributed by atoms with Crippen LogP contribution >= 0.6 is 24.0 Å². The summed E-state index contributed by atoms with van der Waals surface area (Å²) in [5.41, 5.74) is -0.0459. The summed E-state index contributed by atoms with van der Waals surface area (Å²) >= 11 is 0. The van der Waals surface area contributed by atoms with Gasteiger partial charge in [-0.3, -0.25) is 4.99 Å². The maximum Gasteiger partial charge on any atom is 0.191 e. The van der Waals surface area contributed by atoms with Crippen LogP contribution in [0, 0.1) is 22.7 Å². The standard InChI is InChI=1S/C16H28N4O.HI/c1-15(2)13(9-16(15,3)21-5)20-14(18-4)19-12-8-6-7-11(12)10-17;/h11-13H,6-9H2,1-5H3,(H2,18,19,20);1H.